The van der Waals surface area contributed by atoms with Crippen LogP contribution in [0, 0.1) is 56.7 Å². The van der Waals surface area contributed by atoms with Crippen molar-refractivity contribution in [2.75, 3.05) is 0 Å². The van der Waals surface area contributed by atoms with Crippen LogP contribution in [-0.2, 0) is 0 Å². The van der Waals surface area contributed by atoms with Gasteiger partial charge in [0.05, 0.1) is 29.8 Å². The first kappa shape index (κ1) is 20.2. The van der Waals surface area contributed by atoms with Crippen molar-refractivity contribution < 1.29 is 0 Å². The van der Waals surface area contributed by atoms with Crippen LogP contribution in [0.5, 0.6) is 0 Å². The number of nitriles is 3. The van der Waals surface area contributed by atoms with Crippen LogP contribution < -0.4 is 5.73 Å². The number of nitrogens with zero attached hydrogens (tertiary/aromatic N) is 3. The molecule has 5 heteroatoms. The molecule has 0 saturated heterocycles. The van der Waals surface area contributed by atoms with Crippen molar-refractivity contribution in [3.8, 4) is 18.2 Å². The molecule has 0 fully saturated rings. The first-order chi connectivity index (χ1) is 13.2. The molecule has 0 aromatic heterocycles. The van der Waals surface area contributed by atoms with E-state index in [9.17, 15) is 15.8 Å². The predicted molar refractivity (Wildman–Crippen MR) is 109 cm³/mol. The molecule has 0 heterocycles. The Morgan fingerprint density at radius 2 is 1.86 bits per heavy atom. The van der Waals surface area contributed by atoms with Gasteiger partial charge in [0.2, 0.25) is 0 Å². The minimum atomic E-state index is -1.53. The molecule has 3 rings (SSSR count). The third kappa shape index (κ3) is 3.02. The van der Waals surface area contributed by atoms with Gasteiger partial charge in [-0.1, -0.05) is 56.7 Å². The quantitative estimate of drug-likeness (QED) is 0.740. The van der Waals surface area contributed by atoms with Crippen molar-refractivity contribution in [3.63, 3.8) is 0 Å². The molecule has 4 atom stereocenters. The second kappa shape index (κ2) is 7.10. The van der Waals surface area contributed by atoms with Gasteiger partial charge in [0.25, 0.3) is 0 Å². The van der Waals surface area contributed by atoms with Crippen LogP contribution in [0.2, 0.25) is 5.02 Å². The van der Waals surface area contributed by atoms with E-state index < -0.39 is 17.4 Å². The summed E-state index contributed by atoms with van der Waals surface area (Å²) in [5, 5.41) is 30.5. The Bertz CT molecular complexity index is 964. The van der Waals surface area contributed by atoms with Gasteiger partial charge in [-0.15, -0.1) is 0 Å². The largest absolute Gasteiger partial charge is 0.321 e. The van der Waals surface area contributed by atoms with E-state index in [4.69, 9.17) is 17.3 Å². The fourth-order valence-electron chi connectivity index (χ4n) is 4.62. The van der Waals surface area contributed by atoms with Gasteiger partial charge in [-0.25, -0.2) is 0 Å². The predicted octanol–water partition coefficient (Wildman–Crippen LogP) is 4.86. The van der Waals surface area contributed by atoms with Crippen molar-refractivity contribution >= 4 is 11.6 Å². The maximum absolute atomic E-state index is 10.1. The van der Waals surface area contributed by atoms with Crippen LogP contribution in [0.1, 0.15) is 38.7 Å². The minimum absolute atomic E-state index is 0.0230. The number of halogens is 1. The normalized spacial score (nSPS) is 28.6. The molecule has 2 N–H and O–H groups in total. The van der Waals surface area contributed by atoms with Crippen LogP contribution in [0.25, 0.3) is 0 Å². The second-order valence-corrected chi connectivity index (χ2v) is 9.19. The molecule has 1 aromatic carbocycles. The SMILES string of the molecule is CC(C)(C)C1C=CC2=C(C#N)C(N)C(C#N)(C#N)[C@H](c3cccc(Cl)c3)[C@@H]2C1. The summed E-state index contributed by atoms with van der Waals surface area (Å²) in [4.78, 5) is 0. The maximum atomic E-state index is 10.1. The van der Waals surface area contributed by atoms with Gasteiger partial charge in [0.1, 0.15) is 0 Å². The molecule has 2 unspecified atom stereocenters. The van der Waals surface area contributed by atoms with Gasteiger partial charge in [-0.3, -0.25) is 0 Å². The zero-order valence-corrected chi connectivity index (χ0v) is 17.0. The van der Waals surface area contributed by atoms with Crippen molar-refractivity contribution in [2.45, 2.75) is 39.2 Å². The standard InChI is InChI=1S/C23H23ClN4/c1-22(2,3)15-7-8-17-18(10-15)20(14-5-4-6-16(24)9-14)23(12-26,13-27)21(28)19(17)11-25/h4-9,15,18,20-21H,10,28H2,1-3H3/t15?,18-,20-,21?/m1/s1. The lowest BCUT2D eigenvalue weighted by Gasteiger charge is -2.48. The molecule has 0 amide bonds. The summed E-state index contributed by atoms with van der Waals surface area (Å²) < 4.78 is 0. The van der Waals surface area contributed by atoms with E-state index in [1.54, 1.807) is 6.07 Å². The van der Waals surface area contributed by atoms with Crippen molar-refractivity contribution in [1.82, 2.24) is 0 Å². The Hall–Kier alpha value is -2.58. The number of fused-ring (bicyclic) bond motifs is 1. The van der Waals surface area contributed by atoms with E-state index in [1.165, 1.54) is 0 Å². The smallest absolute Gasteiger partial charge is 0.170 e. The zero-order chi connectivity index (χ0) is 20.7. The molecule has 0 radical (unpaired) electrons. The van der Waals surface area contributed by atoms with Crippen LogP contribution in [0.3, 0.4) is 0 Å². The highest BCUT2D eigenvalue weighted by molar-refractivity contribution is 6.30. The van der Waals surface area contributed by atoms with Gasteiger partial charge < -0.3 is 5.73 Å². The molecule has 0 bridgehead atoms. The molecule has 4 nitrogen and oxygen atoms in total. The summed E-state index contributed by atoms with van der Waals surface area (Å²) in [5.41, 5.74) is 6.89. The van der Waals surface area contributed by atoms with E-state index >= 15 is 0 Å². The van der Waals surface area contributed by atoms with E-state index in [1.807, 2.05) is 24.3 Å². The lowest BCUT2D eigenvalue weighted by Crippen LogP contribution is -2.52. The monoisotopic (exact) mass is 390 g/mol. The average Bonchev–Trinajstić information content (AvgIpc) is 2.66. The fraction of sp³-hybridized carbons (Fsp3) is 0.435. The topological polar surface area (TPSA) is 97.4 Å². The highest BCUT2D eigenvalue weighted by Gasteiger charge is 2.56. The molecule has 142 valence electrons. The zero-order valence-electron chi connectivity index (χ0n) is 16.3. The Labute approximate surface area is 171 Å². The van der Waals surface area contributed by atoms with E-state index in [0.717, 1.165) is 17.6 Å². The lowest BCUT2D eigenvalue weighted by atomic mass is 9.53. The minimum Gasteiger partial charge on any atom is -0.321 e. The van der Waals surface area contributed by atoms with Crippen molar-refractivity contribution in [2.24, 2.45) is 28.4 Å². The number of benzene rings is 1. The molecule has 1 aromatic rings. The van der Waals surface area contributed by atoms with Crippen molar-refractivity contribution in [1.29, 1.82) is 15.8 Å². The number of allylic oxidation sites excluding steroid dienone is 3. The van der Waals surface area contributed by atoms with Gasteiger partial charge in [-0.2, -0.15) is 15.8 Å². The van der Waals surface area contributed by atoms with E-state index in [2.05, 4.69) is 45.1 Å². The summed E-state index contributed by atoms with van der Waals surface area (Å²) in [6.07, 6.45) is 4.87. The summed E-state index contributed by atoms with van der Waals surface area (Å²) in [6.45, 7) is 6.52. The molecule has 0 saturated carbocycles. The molecular weight excluding hydrogens is 368 g/mol. The number of rotatable bonds is 1. The number of hydrogen-bond acceptors (Lipinski definition) is 4. The Balaban J connectivity index is 2.30. The van der Waals surface area contributed by atoms with Crippen molar-refractivity contribution in [3.05, 3.63) is 58.1 Å². The molecule has 2 aliphatic rings. The maximum Gasteiger partial charge on any atom is 0.170 e. The highest BCUT2D eigenvalue weighted by Crippen LogP contribution is 2.56. The second-order valence-electron chi connectivity index (χ2n) is 8.76. The summed E-state index contributed by atoms with van der Waals surface area (Å²) >= 11 is 6.24. The van der Waals surface area contributed by atoms with Crippen LogP contribution in [-0.4, -0.2) is 6.04 Å². The van der Waals surface area contributed by atoms with E-state index in [-0.39, 0.29) is 17.3 Å². The van der Waals surface area contributed by atoms with Crippen LogP contribution in [0.4, 0.5) is 0 Å². The Morgan fingerprint density at radius 1 is 1.18 bits per heavy atom. The molecule has 2 aliphatic carbocycles. The van der Waals surface area contributed by atoms with Crippen LogP contribution >= 0.6 is 11.6 Å². The Kier molecular flexibility index (Phi) is 5.12. The van der Waals surface area contributed by atoms with Gasteiger partial charge in [-0.05, 0) is 46.9 Å². The number of hydrogen-bond donors (Lipinski definition) is 1. The summed E-state index contributed by atoms with van der Waals surface area (Å²) in [5.74, 6) is -0.355. The summed E-state index contributed by atoms with van der Waals surface area (Å²) in [6, 6.07) is 12.9. The Morgan fingerprint density at radius 3 is 2.39 bits per heavy atom. The lowest BCUT2D eigenvalue weighted by molar-refractivity contribution is 0.191. The molecule has 0 spiro atoms. The third-order valence-electron chi connectivity index (χ3n) is 6.23. The van der Waals surface area contributed by atoms with Crippen LogP contribution in [0.15, 0.2) is 47.6 Å². The van der Waals surface area contributed by atoms with Gasteiger partial charge in [0, 0.05) is 10.9 Å². The fourth-order valence-corrected chi connectivity index (χ4v) is 4.82. The highest BCUT2D eigenvalue weighted by atomic mass is 35.5. The molecule has 0 aliphatic heterocycles. The molecular formula is C23H23ClN4. The van der Waals surface area contributed by atoms with Gasteiger partial charge in [0.15, 0.2) is 5.41 Å². The third-order valence-corrected chi connectivity index (χ3v) is 6.47. The van der Waals surface area contributed by atoms with Gasteiger partial charge >= 0.3 is 0 Å². The summed E-state index contributed by atoms with van der Waals surface area (Å²) in [7, 11) is 0. The average molecular weight is 391 g/mol. The van der Waals surface area contributed by atoms with E-state index in [0.29, 0.717) is 10.6 Å². The number of nitrogens with two attached hydrogens (primary N) is 1. The first-order valence-corrected chi connectivity index (χ1v) is 9.73. The molecule has 28 heavy (non-hydrogen) atoms. The first-order valence-electron chi connectivity index (χ1n) is 9.35.